The van der Waals surface area contributed by atoms with Crippen LogP contribution in [-0.4, -0.2) is 33.6 Å². The summed E-state index contributed by atoms with van der Waals surface area (Å²) in [4.78, 5) is 11.9. The van der Waals surface area contributed by atoms with Gasteiger partial charge in [-0.3, -0.25) is 5.32 Å². The normalized spacial score (nSPS) is 13.4. The molecule has 1 aromatic carbocycles. The number of benzene rings is 1. The average Bonchev–Trinajstić information content (AvgIpc) is 2.86. The Morgan fingerprint density at radius 3 is 2.78 bits per heavy atom. The number of hydrogen-bond donors (Lipinski definition) is 3. The van der Waals surface area contributed by atoms with Crippen LogP contribution < -0.4 is 10.6 Å². The Labute approximate surface area is 134 Å². The fourth-order valence-electron chi connectivity index (χ4n) is 2.06. The van der Waals surface area contributed by atoms with Crippen molar-refractivity contribution in [3.05, 3.63) is 41.8 Å². The summed E-state index contributed by atoms with van der Waals surface area (Å²) >= 11 is 0. The van der Waals surface area contributed by atoms with Gasteiger partial charge < -0.3 is 10.4 Å². The molecule has 0 bridgehead atoms. The number of rotatable bonds is 5. The highest BCUT2D eigenvalue weighted by molar-refractivity contribution is 5.88. The van der Waals surface area contributed by atoms with E-state index in [0.717, 1.165) is 5.69 Å². The molecule has 0 fully saturated rings. The van der Waals surface area contributed by atoms with Crippen LogP contribution in [0.5, 0.6) is 0 Å². The number of nitrogens with zero attached hydrogens (tertiary/aromatic N) is 2. The van der Waals surface area contributed by atoms with E-state index in [4.69, 9.17) is 5.11 Å². The molecule has 0 aliphatic rings. The summed E-state index contributed by atoms with van der Waals surface area (Å²) in [6.45, 7) is 5.47. The van der Waals surface area contributed by atoms with Gasteiger partial charge in [0.15, 0.2) is 5.82 Å². The van der Waals surface area contributed by atoms with E-state index in [2.05, 4.69) is 15.7 Å². The third kappa shape index (κ3) is 4.29. The number of aliphatic hydroxyl groups is 1. The van der Waals surface area contributed by atoms with Crippen LogP contribution in [0.1, 0.15) is 19.5 Å². The fraction of sp³-hybridized carbons (Fsp3) is 0.375. The van der Waals surface area contributed by atoms with E-state index in [1.54, 1.807) is 22.9 Å². The molecular weight excluding hydrogens is 299 g/mol. The summed E-state index contributed by atoms with van der Waals surface area (Å²) < 4.78 is 14.9. The number of aromatic nitrogens is 2. The Hall–Kier alpha value is -2.41. The molecule has 0 spiro atoms. The van der Waals surface area contributed by atoms with Gasteiger partial charge in [0.05, 0.1) is 5.69 Å². The predicted octanol–water partition coefficient (Wildman–Crippen LogP) is 2.46. The number of aliphatic hydroxyl groups excluding tert-OH is 1. The maximum absolute atomic E-state index is 13.3. The molecule has 0 saturated heterocycles. The lowest BCUT2D eigenvalue weighted by Gasteiger charge is -2.18. The van der Waals surface area contributed by atoms with Gasteiger partial charge in [-0.1, -0.05) is 13.0 Å². The highest BCUT2D eigenvalue weighted by Gasteiger charge is 2.15. The first-order chi connectivity index (χ1) is 10.9. The minimum atomic E-state index is -0.401. The Morgan fingerprint density at radius 1 is 1.39 bits per heavy atom. The van der Waals surface area contributed by atoms with Crippen molar-refractivity contribution in [2.45, 2.75) is 26.8 Å². The predicted molar refractivity (Wildman–Crippen MR) is 86.1 cm³/mol. The summed E-state index contributed by atoms with van der Waals surface area (Å²) in [6.07, 6.45) is 0. The minimum Gasteiger partial charge on any atom is -0.396 e. The lowest BCUT2D eigenvalue weighted by atomic mass is 10.1. The Balaban J connectivity index is 2.08. The molecule has 3 N–H and O–H groups in total. The molecule has 7 heteroatoms. The standard InChI is InChI=1S/C16H21FN4O2/c1-10(9-22)12(3)18-16(23)19-15-7-11(2)21(20-15)14-6-4-5-13(17)8-14/h4-8,10,12,22H,9H2,1-3H3,(H2,18,19,20,23)/t10-,12+/m1/s1. The molecule has 2 amide bonds. The van der Waals surface area contributed by atoms with Crippen LogP contribution in [0.15, 0.2) is 30.3 Å². The number of amides is 2. The molecule has 0 unspecified atom stereocenters. The Morgan fingerprint density at radius 2 is 2.13 bits per heavy atom. The minimum absolute atomic E-state index is 0.00521. The fourth-order valence-corrected chi connectivity index (χ4v) is 2.06. The SMILES string of the molecule is Cc1cc(NC(=O)N[C@@H](C)[C@H](C)CO)nn1-c1cccc(F)c1. The summed E-state index contributed by atoms with van der Waals surface area (Å²) in [6, 6.07) is 7.19. The maximum atomic E-state index is 13.3. The zero-order chi connectivity index (χ0) is 17.0. The van der Waals surface area contributed by atoms with Crippen LogP contribution >= 0.6 is 0 Å². The molecule has 124 valence electrons. The van der Waals surface area contributed by atoms with Gasteiger partial charge in [-0.05, 0) is 38.0 Å². The number of urea groups is 1. The molecular formula is C16H21FN4O2. The third-order valence-corrected chi connectivity index (χ3v) is 3.68. The number of anilines is 1. The highest BCUT2D eigenvalue weighted by Crippen LogP contribution is 2.16. The summed E-state index contributed by atoms with van der Waals surface area (Å²) in [5.74, 6) is -0.0306. The second-order valence-corrected chi connectivity index (χ2v) is 5.61. The van der Waals surface area contributed by atoms with E-state index in [1.807, 2.05) is 20.8 Å². The zero-order valence-electron chi connectivity index (χ0n) is 13.4. The molecule has 2 rings (SSSR count). The van der Waals surface area contributed by atoms with E-state index < -0.39 is 6.03 Å². The van der Waals surface area contributed by atoms with Crippen molar-refractivity contribution in [3.8, 4) is 5.69 Å². The highest BCUT2D eigenvalue weighted by atomic mass is 19.1. The lowest BCUT2D eigenvalue weighted by Crippen LogP contribution is -2.40. The number of carbonyl (C=O) groups excluding carboxylic acids is 1. The monoisotopic (exact) mass is 320 g/mol. The molecule has 0 aliphatic carbocycles. The molecule has 6 nitrogen and oxygen atoms in total. The number of halogens is 1. The largest absolute Gasteiger partial charge is 0.396 e. The van der Waals surface area contributed by atoms with Crippen molar-refractivity contribution >= 4 is 11.8 Å². The van der Waals surface area contributed by atoms with Crippen LogP contribution in [0.3, 0.4) is 0 Å². The van der Waals surface area contributed by atoms with E-state index >= 15 is 0 Å². The smallest absolute Gasteiger partial charge is 0.320 e. The molecule has 0 radical (unpaired) electrons. The van der Waals surface area contributed by atoms with Crippen molar-refractivity contribution in [1.29, 1.82) is 0 Å². The molecule has 1 aromatic heterocycles. The van der Waals surface area contributed by atoms with Gasteiger partial charge in [0, 0.05) is 24.4 Å². The van der Waals surface area contributed by atoms with Gasteiger partial charge in [0.2, 0.25) is 0 Å². The number of nitrogens with one attached hydrogen (secondary N) is 2. The molecule has 2 aromatic rings. The molecule has 0 aliphatic heterocycles. The quantitative estimate of drug-likeness (QED) is 0.792. The third-order valence-electron chi connectivity index (χ3n) is 3.68. The van der Waals surface area contributed by atoms with E-state index in [0.29, 0.717) is 11.5 Å². The van der Waals surface area contributed by atoms with Crippen molar-refractivity contribution in [3.63, 3.8) is 0 Å². The van der Waals surface area contributed by atoms with Gasteiger partial charge in [-0.15, -0.1) is 5.10 Å². The first-order valence-corrected chi connectivity index (χ1v) is 7.41. The number of hydrogen-bond acceptors (Lipinski definition) is 3. The second kappa shape index (κ2) is 7.23. The lowest BCUT2D eigenvalue weighted by molar-refractivity contribution is 0.204. The summed E-state index contributed by atoms with van der Waals surface area (Å²) in [7, 11) is 0. The maximum Gasteiger partial charge on any atom is 0.320 e. The van der Waals surface area contributed by atoms with Crippen LogP contribution in [0.2, 0.25) is 0 Å². The first-order valence-electron chi connectivity index (χ1n) is 7.41. The molecule has 23 heavy (non-hydrogen) atoms. The van der Waals surface area contributed by atoms with E-state index in [9.17, 15) is 9.18 Å². The Bertz CT molecular complexity index is 686. The first kappa shape index (κ1) is 17.0. The number of carbonyl (C=O) groups is 1. The number of aryl methyl sites for hydroxylation is 1. The van der Waals surface area contributed by atoms with Gasteiger partial charge in [-0.25, -0.2) is 13.9 Å². The van der Waals surface area contributed by atoms with Crippen LogP contribution in [0, 0.1) is 18.7 Å². The summed E-state index contributed by atoms with van der Waals surface area (Å²) in [5, 5.41) is 18.7. The molecule has 2 atom stereocenters. The average molecular weight is 320 g/mol. The van der Waals surface area contributed by atoms with Crippen molar-refractivity contribution in [1.82, 2.24) is 15.1 Å². The van der Waals surface area contributed by atoms with Crippen molar-refractivity contribution in [2.24, 2.45) is 5.92 Å². The van der Waals surface area contributed by atoms with Crippen molar-refractivity contribution < 1.29 is 14.3 Å². The van der Waals surface area contributed by atoms with Crippen LogP contribution in [0.25, 0.3) is 5.69 Å². The molecule has 0 saturated carbocycles. The summed E-state index contributed by atoms with van der Waals surface area (Å²) in [5.41, 5.74) is 1.35. The van der Waals surface area contributed by atoms with Gasteiger partial charge in [0.25, 0.3) is 0 Å². The molecule has 1 heterocycles. The van der Waals surface area contributed by atoms with E-state index in [-0.39, 0.29) is 24.4 Å². The van der Waals surface area contributed by atoms with Gasteiger partial charge in [0.1, 0.15) is 5.82 Å². The van der Waals surface area contributed by atoms with E-state index in [1.165, 1.54) is 12.1 Å². The second-order valence-electron chi connectivity index (χ2n) is 5.61. The topological polar surface area (TPSA) is 79.2 Å². The van der Waals surface area contributed by atoms with Crippen LogP contribution in [-0.2, 0) is 0 Å². The van der Waals surface area contributed by atoms with Crippen molar-refractivity contribution in [2.75, 3.05) is 11.9 Å². The van der Waals surface area contributed by atoms with Crippen LogP contribution in [0.4, 0.5) is 15.0 Å². The van der Waals surface area contributed by atoms with Gasteiger partial charge in [-0.2, -0.15) is 0 Å². The zero-order valence-corrected chi connectivity index (χ0v) is 13.4. The van der Waals surface area contributed by atoms with Gasteiger partial charge >= 0.3 is 6.03 Å². The Kier molecular flexibility index (Phi) is 5.33.